The van der Waals surface area contributed by atoms with E-state index in [0.717, 1.165) is 45.8 Å². The normalized spacial score (nSPS) is 19.0. The molecule has 1 aliphatic carbocycles. The summed E-state index contributed by atoms with van der Waals surface area (Å²) in [5.74, 6) is 1.73. The fourth-order valence-corrected chi connectivity index (χ4v) is 4.91. The molecule has 29 heavy (non-hydrogen) atoms. The van der Waals surface area contributed by atoms with Crippen molar-refractivity contribution < 1.29 is 19.1 Å². The standard InChI is InChI=1S/C22H26BrNO4S/c1-4-29-11-10-28-22(26)19-13(2)24-16-6-5-7-17(25)21(16)20(19)14-8-9-18(27-3)15(23)12-14/h8-9,12,20,24H,4-7,10-11H2,1-3H3/t20-/m0/s1. The molecule has 0 saturated carbocycles. The minimum Gasteiger partial charge on any atom is -0.496 e. The summed E-state index contributed by atoms with van der Waals surface area (Å²) >= 11 is 5.26. The van der Waals surface area contributed by atoms with E-state index in [1.165, 1.54) is 0 Å². The van der Waals surface area contributed by atoms with E-state index in [1.54, 1.807) is 18.9 Å². The van der Waals surface area contributed by atoms with E-state index < -0.39 is 5.92 Å². The van der Waals surface area contributed by atoms with Gasteiger partial charge in [-0.25, -0.2) is 4.79 Å². The smallest absolute Gasteiger partial charge is 0.336 e. The molecule has 0 radical (unpaired) electrons. The lowest BCUT2D eigenvalue weighted by Crippen LogP contribution is -2.34. The maximum atomic E-state index is 13.0. The molecule has 0 fully saturated rings. The molecule has 5 nitrogen and oxygen atoms in total. The first-order chi connectivity index (χ1) is 14.0. The number of Topliss-reactive ketones (excluding diaryl/α,β-unsaturated/α-hetero) is 1. The number of ether oxygens (including phenoxy) is 2. The lowest BCUT2D eigenvalue weighted by Gasteiger charge is -2.34. The molecular weight excluding hydrogens is 454 g/mol. The Balaban J connectivity index is 2.02. The molecule has 1 aliphatic heterocycles. The Kier molecular flexibility index (Phi) is 7.46. The lowest BCUT2D eigenvalue weighted by atomic mass is 9.75. The summed E-state index contributed by atoms with van der Waals surface area (Å²) in [6, 6.07) is 5.69. The molecule has 1 heterocycles. The highest BCUT2D eigenvalue weighted by atomic mass is 79.9. The van der Waals surface area contributed by atoms with Crippen LogP contribution in [0.4, 0.5) is 0 Å². The van der Waals surface area contributed by atoms with Crippen LogP contribution >= 0.6 is 27.7 Å². The Morgan fingerprint density at radius 2 is 2.14 bits per heavy atom. The summed E-state index contributed by atoms with van der Waals surface area (Å²) < 4.78 is 11.7. The number of halogens is 1. The minimum atomic E-state index is -0.437. The summed E-state index contributed by atoms with van der Waals surface area (Å²) in [5, 5.41) is 3.31. The number of esters is 1. The van der Waals surface area contributed by atoms with Gasteiger partial charge in [0, 0.05) is 35.1 Å². The molecule has 0 spiro atoms. The van der Waals surface area contributed by atoms with Crippen LogP contribution in [0.3, 0.4) is 0 Å². The fraction of sp³-hybridized carbons (Fsp3) is 0.455. The highest BCUT2D eigenvalue weighted by Crippen LogP contribution is 2.43. The van der Waals surface area contributed by atoms with Gasteiger partial charge < -0.3 is 14.8 Å². The van der Waals surface area contributed by atoms with E-state index in [4.69, 9.17) is 9.47 Å². The number of hydrogen-bond donors (Lipinski definition) is 1. The Labute approximate surface area is 184 Å². The molecule has 0 unspecified atom stereocenters. The van der Waals surface area contributed by atoms with Crippen molar-refractivity contribution >= 4 is 39.4 Å². The third-order valence-corrected chi connectivity index (χ3v) is 6.65. The maximum Gasteiger partial charge on any atom is 0.336 e. The highest BCUT2D eigenvalue weighted by molar-refractivity contribution is 9.10. The first-order valence-corrected chi connectivity index (χ1v) is 11.7. The number of thioether (sulfide) groups is 1. The molecule has 2 aliphatic rings. The quantitative estimate of drug-likeness (QED) is 0.450. The van der Waals surface area contributed by atoms with Crippen LogP contribution in [0.25, 0.3) is 0 Å². The highest BCUT2D eigenvalue weighted by Gasteiger charge is 2.39. The van der Waals surface area contributed by atoms with Gasteiger partial charge in [0.05, 0.1) is 17.2 Å². The molecule has 3 rings (SSSR count). The van der Waals surface area contributed by atoms with Gasteiger partial charge in [-0.05, 0) is 59.1 Å². The zero-order chi connectivity index (χ0) is 21.0. The van der Waals surface area contributed by atoms with E-state index in [-0.39, 0.29) is 11.8 Å². The maximum absolute atomic E-state index is 13.0. The molecule has 1 aromatic carbocycles. The van der Waals surface area contributed by atoms with Gasteiger partial charge in [-0.3, -0.25) is 4.79 Å². The summed E-state index contributed by atoms with van der Waals surface area (Å²) in [4.78, 5) is 25.9. The van der Waals surface area contributed by atoms with Crippen molar-refractivity contribution in [1.82, 2.24) is 5.32 Å². The van der Waals surface area contributed by atoms with Gasteiger partial charge in [-0.1, -0.05) is 13.0 Å². The molecule has 0 saturated heterocycles. The Bertz CT molecular complexity index is 878. The van der Waals surface area contributed by atoms with E-state index in [1.807, 2.05) is 25.1 Å². The third-order valence-electron chi connectivity index (χ3n) is 5.17. The van der Waals surface area contributed by atoms with Gasteiger partial charge in [-0.2, -0.15) is 11.8 Å². The van der Waals surface area contributed by atoms with E-state index >= 15 is 0 Å². The van der Waals surface area contributed by atoms with Gasteiger partial charge in [0.15, 0.2) is 5.78 Å². The van der Waals surface area contributed by atoms with Crippen LogP contribution in [0.2, 0.25) is 0 Å². The topological polar surface area (TPSA) is 64.6 Å². The van der Waals surface area contributed by atoms with Crippen molar-refractivity contribution in [3.8, 4) is 5.75 Å². The molecular formula is C22H26BrNO4S. The van der Waals surface area contributed by atoms with E-state index in [2.05, 4.69) is 28.2 Å². The third kappa shape index (κ3) is 4.72. The zero-order valence-electron chi connectivity index (χ0n) is 17.0. The SMILES string of the molecule is CCSCCOC(=O)C1=C(C)NC2=C(C(=O)CCC2)[C@H]1c1ccc(OC)c(Br)c1. The van der Waals surface area contributed by atoms with Crippen molar-refractivity contribution in [2.24, 2.45) is 0 Å². The van der Waals surface area contributed by atoms with Crippen LogP contribution in [0.5, 0.6) is 5.75 Å². The number of carbonyl (C=O) groups is 2. The predicted molar refractivity (Wildman–Crippen MR) is 119 cm³/mol. The molecule has 0 bridgehead atoms. The molecule has 1 N–H and O–H groups in total. The number of nitrogens with one attached hydrogen (secondary N) is 1. The van der Waals surface area contributed by atoms with E-state index in [9.17, 15) is 9.59 Å². The van der Waals surface area contributed by atoms with Crippen molar-refractivity contribution in [3.63, 3.8) is 0 Å². The van der Waals surface area contributed by atoms with Crippen molar-refractivity contribution in [2.45, 2.75) is 39.0 Å². The molecule has 7 heteroatoms. The number of methoxy groups -OCH3 is 1. The molecule has 156 valence electrons. The summed E-state index contributed by atoms with van der Waals surface area (Å²) in [6.07, 6.45) is 2.13. The van der Waals surface area contributed by atoms with Crippen LogP contribution < -0.4 is 10.1 Å². The molecule has 0 aromatic heterocycles. The Morgan fingerprint density at radius 3 is 2.83 bits per heavy atom. The van der Waals surface area contributed by atoms with Crippen LogP contribution in [-0.2, 0) is 14.3 Å². The van der Waals surface area contributed by atoms with E-state index in [0.29, 0.717) is 29.9 Å². The monoisotopic (exact) mass is 479 g/mol. The number of rotatable bonds is 7. The zero-order valence-corrected chi connectivity index (χ0v) is 19.4. The van der Waals surface area contributed by atoms with Gasteiger partial charge in [0.1, 0.15) is 12.4 Å². The van der Waals surface area contributed by atoms with Gasteiger partial charge >= 0.3 is 5.97 Å². The van der Waals surface area contributed by atoms with Crippen LogP contribution in [0, 0.1) is 0 Å². The van der Waals surface area contributed by atoms with Crippen LogP contribution in [-0.4, -0.2) is 37.0 Å². The second-order valence-corrected chi connectivity index (χ2v) is 9.24. The van der Waals surface area contributed by atoms with Crippen molar-refractivity contribution in [1.29, 1.82) is 0 Å². The predicted octanol–water partition coefficient (Wildman–Crippen LogP) is 4.72. The van der Waals surface area contributed by atoms with Gasteiger partial charge in [-0.15, -0.1) is 0 Å². The number of allylic oxidation sites excluding steroid dienone is 3. The Morgan fingerprint density at radius 1 is 1.34 bits per heavy atom. The summed E-state index contributed by atoms with van der Waals surface area (Å²) in [6.45, 7) is 4.31. The average Bonchev–Trinajstić information content (AvgIpc) is 2.70. The average molecular weight is 480 g/mol. The van der Waals surface area contributed by atoms with Crippen molar-refractivity contribution in [3.05, 3.63) is 50.8 Å². The second kappa shape index (κ2) is 9.85. The number of benzene rings is 1. The molecule has 1 atom stereocenters. The first-order valence-electron chi connectivity index (χ1n) is 9.80. The molecule has 1 aromatic rings. The fourth-order valence-electron chi connectivity index (χ4n) is 3.86. The number of dihydropyridines is 1. The van der Waals surface area contributed by atoms with Crippen LogP contribution in [0.15, 0.2) is 45.2 Å². The second-order valence-electron chi connectivity index (χ2n) is 6.99. The van der Waals surface area contributed by atoms with Gasteiger partial charge in [0.2, 0.25) is 0 Å². The van der Waals surface area contributed by atoms with Crippen molar-refractivity contribution in [2.75, 3.05) is 25.2 Å². The van der Waals surface area contributed by atoms with Gasteiger partial charge in [0.25, 0.3) is 0 Å². The Hall–Kier alpha value is -1.73. The summed E-state index contributed by atoms with van der Waals surface area (Å²) in [5.41, 5.74) is 3.75. The first kappa shape index (κ1) is 22.0. The number of carbonyl (C=O) groups excluding carboxylic acids is 2. The number of ketones is 1. The largest absolute Gasteiger partial charge is 0.496 e. The lowest BCUT2D eigenvalue weighted by molar-refractivity contribution is -0.138. The summed E-state index contributed by atoms with van der Waals surface area (Å²) in [7, 11) is 1.61. The number of hydrogen-bond acceptors (Lipinski definition) is 6. The molecule has 0 amide bonds. The van der Waals surface area contributed by atoms with Crippen LogP contribution in [0.1, 0.15) is 44.6 Å². The minimum absolute atomic E-state index is 0.0926.